The Morgan fingerprint density at radius 2 is 2.05 bits per heavy atom. The van der Waals surface area contributed by atoms with E-state index in [4.69, 9.17) is 0 Å². The second-order valence-corrected chi connectivity index (χ2v) is 6.20. The number of carbonyl (C=O) groups is 1. The van der Waals surface area contributed by atoms with E-state index in [1.807, 2.05) is 0 Å². The molecule has 19 heavy (non-hydrogen) atoms. The molecule has 1 aromatic carbocycles. The Hall–Kier alpha value is -1.73. The van der Waals surface area contributed by atoms with Crippen LogP contribution >= 0.6 is 27.3 Å². The zero-order valence-electron chi connectivity index (χ0n) is 9.30. The second-order valence-electron chi connectivity index (χ2n) is 3.81. The molecule has 3 aromatic rings. The summed E-state index contributed by atoms with van der Waals surface area (Å²) in [6.45, 7) is 0. The number of thiazole rings is 1. The number of halogens is 2. The van der Waals surface area contributed by atoms with Crippen molar-refractivity contribution in [1.82, 2.24) is 9.38 Å². The van der Waals surface area contributed by atoms with Gasteiger partial charge < -0.3 is 5.11 Å². The van der Waals surface area contributed by atoms with E-state index in [0.717, 1.165) is 3.79 Å². The van der Waals surface area contributed by atoms with E-state index in [-0.39, 0.29) is 11.5 Å². The summed E-state index contributed by atoms with van der Waals surface area (Å²) < 4.78 is 15.2. The first-order valence-corrected chi connectivity index (χ1v) is 6.84. The molecule has 0 saturated carbocycles. The molecule has 1 N–H and O–H groups in total. The average Bonchev–Trinajstić information content (AvgIpc) is 2.85. The molecule has 0 bridgehead atoms. The van der Waals surface area contributed by atoms with Crippen molar-refractivity contribution in [3.05, 3.63) is 45.8 Å². The fraction of sp³-hybridized carbons (Fsp3) is 0. The molecule has 0 atom stereocenters. The van der Waals surface area contributed by atoms with Crippen molar-refractivity contribution in [3.63, 3.8) is 0 Å². The van der Waals surface area contributed by atoms with Gasteiger partial charge in [0.1, 0.15) is 11.5 Å². The Kier molecular flexibility index (Phi) is 2.87. The molecule has 96 valence electrons. The number of aromatic nitrogens is 2. The number of carboxylic acid groups (broad SMARTS) is 1. The van der Waals surface area contributed by atoms with Crippen LogP contribution in [0.15, 0.2) is 34.2 Å². The maximum atomic E-state index is 12.9. The highest BCUT2D eigenvalue weighted by Gasteiger charge is 2.21. The Morgan fingerprint density at radius 1 is 1.37 bits per heavy atom. The fourth-order valence-electron chi connectivity index (χ4n) is 1.83. The molecule has 0 spiro atoms. The fourth-order valence-corrected chi connectivity index (χ4v) is 3.18. The molecule has 0 aliphatic rings. The number of imidazole rings is 1. The van der Waals surface area contributed by atoms with E-state index in [2.05, 4.69) is 20.9 Å². The highest BCUT2D eigenvalue weighted by Crippen LogP contribution is 2.30. The summed E-state index contributed by atoms with van der Waals surface area (Å²) in [6, 6.07) is 5.60. The number of hydrogen-bond acceptors (Lipinski definition) is 3. The first kappa shape index (κ1) is 12.3. The molecule has 0 aliphatic carbocycles. The van der Waals surface area contributed by atoms with Gasteiger partial charge in [-0.2, -0.15) is 0 Å². The predicted molar refractivity (Wildman–Crippen MR) is 73.1 cm³/mol. The molecular formula is C12H6BrFN2O2S. The number of benzene rings is 1. The van der Waals surface area contributed by atoms with Crippen molar-refractivity contribution in [3.8, 4) is 11.3 Å². The Labute approximate surface area is 119 Å². The SMILES string of the molecule is O=C(O)c1c(-c2ccc(F)cc2)nc2sc(Br)cn12. The number of carboxylic acids is 1. The lowest BCUT2D eigenvalue weighted by molar-refractivity contribution is 0.0690. The van der Waals surface area contributed by atoms with Crippen LogP contribution in [0, 0.1) is 5.82 Å². The number of aromatic carboxylic acids is 1. The molecule has 2 aromatic heterocycles. The summed E-state index contributed by atoms with van der Waals surface area (Å²) >= 11 is 4.63. The van der Waals surface area contributed by atoms with Crippen molar-refractivity contribution < 1.29 is 14.3 Å². The zero-order valence-corrected chi connectivity index (χ0v) is 11.7. The van der Waals surface area contributed by atoms with Gasteiger partial charge in [-0.05, 0) is 40.2 Å². The van der Waals surface area contributed by atoms with E-state index in [1.165, 1.54) is 40.0 Å². The lowest BCUT2D eigenvalue weighted by Crippen LogP contribution is -2.02. The highest BCUT2D eigenvalue weighted by atomic mass is 79.9. The topological polar surface area (TPSA) is 54.6 Å². The van der Waals surface area contributed by atoms with Gasteiger partial charge in [0.2, 0.25) is 0 Å². The smallest absolute Gasteiger partial charge is 0.355 e. The largest absolute Gasteiger partial charge is 0.476 e. The van der Waals surface area contributed by atoms with Crippen LogP contribution in [-0.4, -0.2) is 20.5 Å². The van der Waals surface area contributed by atoms with Crippen LogP contribution in [0.5, 0.6) is 0 Å². The van der Waals surface area contributed by atoms with Crippen LogP contribution in [0.3, 0.4) is 0 Å². The van der Waals surface area contributed by atoms with Gasteiger partial charge in [-0.1, -0.05) is 11.3 Å². The highest BCUT2D eigenvalue weighted by molar-refractivity contribution is 9.11. The van der Waals surface area contributed by atoms with Crippen LogP contribution < -0.4 is 0 Å². The van der Waals surface area contributed by atoms with E-state index in [1.54, 1.807) is 6.20 Å². The van der Waals surface area contributed by atoms with Gasteiger partial charge in [-0.3, -0.25) is 4.40 Å². The molecular weight excluding hydrogens is 335 g/mol. The molecule has 0 fully saturated rings. The van der Waals surface area contributed by atoms with E-state index >= 15 is 0 Å². The van der Waals surface area contributed by atoms with E-state index in [0.29, 0.717) is 16.2 Å². The average molecular weight is 341 g/mol. The van der Waals surface area contributed by atoms with Crippen molar-refractivity contribution in [2.75, 3.05) is 0 Å². The summed E-state index contributed by atoms with van der Waals surface area (Å²) in [6.07, 6.45) is 1.66. The summed E-state index contributed by atoms with van der Waals surface area (Å²) in [5, 5.41) is 9.33. The molecule has 0 aliphatic heterocycles. The molecule has 0 unspecified atom stereocenters. The monoisotopic (exact) mass is 340 g/mol. The van der Waals surface area contributed by atoms with Crippen LogP contribution in [-0.2, 0) is 0 Å². The van der Waals surface area contributed by atoms with Gasteiger partial charge in [0.05, 0.1) is 3.79 Å². The van der Waals surface area contributed by atoms with Crippen LogP contribution in [0.25, 0.3) is 16.2 Å². The molecule has 0 radical (unpaired) electrons. The minimum absolute atomic E-state index is 0.0727. The van der Waals surface area contributed by atoms with Crippen molar-refractivity contribution >= 4 is 38.2 Å². The molecule has 4 nitrogen and oxygen atoms in total. The predicted octanol–water partition coefficient (Wildman–Crippen LogP) is 3.66. The summed E-state index contributed by atoms with van der Waals surface area (Å²) in [4.78, 5) is 16.3. The van der Waals surface area contributed by atoms with Crippen molar-refractivity contribution in [1.29, 1.82) is 0 Å². The van der Waals surface area contributed by atoms with Gasteiger partial charge in [0, 0.05) is 11.8 Å². The lowest BCUT2D eigenvalue weighted by Gasteiger charge is -1.99. The number of rotatable bonds is 2. The van der Waals surface area contributed by atoms with Gasteiger partial charge in [0.25, 0.3) is 0 Å². The maximum Gasteiger partial charge on any atom is 0.355 e. The summed E-state index contributed by atoms with van der Waals surface area (Å²) in [5.41, 5.74) is 0.987. The maximum absolute atomic E-state index is 12.9. The summed E-state index contributed by atoms with van der Waals surface area (Å²) in [7, 11) is 0. The van der Waals surface area contributed by atoms with E-state index < -0.39 is 5.97 Å². The Bertz CT molecular complexity index is 779. The molecule has 3 rings (SSSR count). The third-order valence-electron chi connectivity index (χ3n) is 2.62. The Morgan fingerprint density at radius 3 is 2.68 bits per heavy atom. The minimum atomic E-state index is -1.07. The van der Waals surface area contributed by atoms with Crippen LogP contribution in [0.1, 0.15) is 10.5 Å². The second kappa shape index (κ2) is 4.43. The first-order chi connectivity index (χ1) is 9.06. The normalized spacial score (nSPS) is 11.1. The van der Waals surface area contributed by atoms with Gasteiger partial charge in [0.15, 0.2) is 10.7 Å². The van der Waals surface area contributed by atoms with Gasteiger partial charge in [-0.25, -0.2) is 14.2 Å². The van der Waals surface area contributed by atoms with Crippen LogP contribution in [0.2, 0.25) is 0 Å². The quantitative estimate of drug-likeness (QED) is 0.774. The molecule has 0 saturated heterocycles. The standard InChI is InChI=1S/C12H6BrFN2O2S/c13-8-5-16-10(11(17)18)9(15-12(16)19-8)6-1-3-7(14)4-2-6/h1-5H,(H,17,18). The van der Waals surface area contributed by atoms with Crippen molar-refractivity contribution in [2.45, 2.75) is 0 Å². The van der Waals surface area contributed by atoms with Crippen LogP contribution in [0.4, 0.5) is 4.39 Å². The zero-order chi connectivity index (χ0) is 13.6. The number of fused-ring (bicyclic) bond motifs is 1. The summed E-state index contributed by atoms with van der Waals surface area (Å²) in [5.74, 6) is -1.44. The molecule has 7 heteroatoms. The third-order valence-corrected chi connectivity index (χ3v) is 4.08. The Balaban J connectivity index is 2.28. The van der Waals surface area contributed by atoms with Crippen molar-refractivity contribution in [2.24, 2.45) is 0 Å². The molecule has 0 amide bonds. The number of hydrogen-bond donors (Lipinski definition) is 1. The lowest BCUT2D eigenvalue weighted by atomic mass is 10.1. The minimum Gasteiger partial charge on any atom is -0.476 e. The number of nitrogens with zero attached hydrogens (tertiary/aromatic N) is 2. The van der Waals surface area contributed by atoms with E-state index in [9.17, 15) is 14.3 Å². The van der Waals surface area contributed by atoms with Gasteiger partial charge >= 0.3 is 5.97 Å². The molecule has 2 heterocycles. The third kappa shape index (κ3) is 2.04. The first-order valence-electron chi connectivity index (χ1n) is 5.23. The van der Waals surface area contributed by atoms with Gasteiger partial charge in [-0.15, -0.1) is 0 Å².